The van der Waals surface area contributed by atoms with Crippen LogP contribution in [0.4, 0.5) is 0 Å². The average Bonchev–Trinajstić information content (AvgIpc) is 2.80. The summed E-state index contributed by atoms with van der Waals surface area (Å²) in [5, 5.41) is 11.9. The van der Waals surface area contributed by atoms with Gasteiger partial charge in [-0.3, -0.25) is 0 Å². The second-order valence-electron chi connectivity index (χ2n) is 3.96. The molecular formula is C11H15N5O. The Labute approximate surface area is 99.2 Å². The molecule has 6 nitrogen and oxygen atoms in total. The molecule has 6 heteroatoms. The molecule has 90 valence electrons. The summed E-state index contributed by atoms with van der Waals surface area (Å²) >= 11 is 0. The summed E-state index contributed by atoms with van der Waals surface area (Å²) in [6.07, 6.45) is 0.769. The van der Waals surface area contributed by atoms with Crippen molar-refractivity contribution in [1.82, 2.24) is 20.3 Å². The van der Waals surface area contributed by atoms with Gasteiger partial charge in [-0.15, -0.1) is 0 Å². The maximum Gasteiger partial charge on any atom is 0.259 e. The molecule has 0 aromatic carbocycles. The van der Waals surface area contributed by atoms with Crippen LogP contribution in [0.25, 0.3) is 11.5 Å². The molecule has 2 aromatic heterocycles. The number of nitrogens with two attached hydrogens (primary N) is 1. The van der Waals surface area contributed by atoms with E-state index in [1.807, 2.05) is 26.8 Å². The molecule has 0 aliphatic rings. The minimum Gasteiger partial charge on any atom is -0.334 e. The van der Waals surface area contributed by atoms with Gasteiger partial charge in [0.25, 0.3) is 5.89 Å². The van der Waals surface area contributed by atoms with Crippen LogP contribution >= 0.6 is 0 Å². The number of aryl methyl sites for hydroxylation is 2. The third kappa shape index (κ3) is 2.31. The van der Waals surface area contributed by atoms with E-state index in [0.29, 0.717) is 11.7 Å². The van der Waals surface area contributed by atoms with Gasteiger partial charge in [0.2, 0.25) is 0 Å². The fourth-order valence-electron chi connectivity index (χ4n) is 1.44. The molecule has 0 fully saturated rings. The van der Waals surface area contributed by atoms with Gasteiger partial charge in [-0.2, -0.15) is 15.2 Å². The van der Waals surface area contributed by atoms with Crippen molar-refractivity contribution in [3.63, 3.8) is 0 Å². The van der Waals surface area contributed by atoms with Gasteiger partial charge in [-0.05, 0) is 26.3 Å². The lowest BCUT2D eigenvalue weighted by molar-refractivity contribution is 0.414. The SMILES string of the molecule is CCC(N)c1noc(-c2cc(C)nnc2C)n1. The quantitative estimate of drug-likeness (QED) is 0.864. The maximum atomic E-state index is 5.84. The number of nitrogens with zero attached hydrogens (tertiary/aromatic N) is 4. The van der Waals surface area contributed by atoms with Crippen molar-refractivity contribution in [2.45, 2.75) is 33.2 Å². The molecule has 0 bridgehead atoms. The van der Waals surface area contributed by atoms with Crippen molar-refractivity contribution in [3.8, 4) is 11.5 Å². The van der Waals surface area contributed by atoms with Gasteiger partial charge in [-0.1, -0.05) is 12.1 Å². The Balaban J connectivity index is 2.40. The topological polar surface area (TPSA) is 90.7 Å². The van der Waals surface area contributed by atoms with E-state index in [2.05, 4.69) is 20.3 Å². The van der Waals surface area contributed by atoms with Crippen LogP contribution in [0, 0.1) is 13.8 Å². The van der Waals surface area contributed by atoms with Crippen molar-refractivity contribution >= 4 is 0 Å². The van der Waals surface area contributed by atoms with Crippen LogP contribution in [0.15, 0.2) is 10.6 Å². The zero-order valence-electron chi connectivity index (χ0n) is 10.1. The molecule has 0 saturated heterocycles. The monoisotopic (exact) mass is 233 g/mol. The third-order valence-electron chi connectivity index (χ3n) is 2.54. The first-order valence-corrected chi connectivity index (χ1v) is 5.52. The Bertz CT molecular complexity index is 522. The first-order chi connectivity index (χ1) is 8.11. The van der Waals surface area contributed by atoms with Gasteiger partial charge in [0, 0.05) is 0 Å². The molecule has 0 spiro atoms. The van der Waals surface area contributed by atoms with E-state index in [4.69, 9.17) is 10.3 Å². The molecular weight excluding hydrogens is 218 g/mol. The summed E-state index contributed by atoms with van der Waals surface area (Å²) < 4.78 is 5.20. The fourth-order valence-corrected chi connectivity index (χ4v) is 1.44. The number of hydrogen-bond donors (Lipinski definition) is 1. The highest BCUT2D eigenvalue weighted by Crippen LogP contribution is 2.21. The number of rotatable bonds is 3. The summed E-state index contributed by atoms with van der Waals surface area (Å²) in [7, 11) is 0. The number of hydrogen-bond acceptors (Lipinski definition) is 6. The third-order valence-corrected chi connectivity index (χ3v) is 2.54. The smallest absolute Gasteiger partial charge is 0.259 e. The van der Waals surface area contributed by atoms with Crippen molar-refractivity contribution in [2.24, 2.45) is 5.73 Å². The highest BCUT2D eigenvalue weighted by atomic mass is 16.5. The Morgan fingerprint density at radius 1 is 1.35 bits per heavy atom. The van der Waals surface area contributed by atoms with E-state index < -0.39 is 0 Å². The molecule has 0 amide bonds. The zero-order chi connectivity index (χ0) is 12.4. The van der Waals surface area contributed by atoms with Crippen LogP contribution in [0.1, 0.15) is 36.6 Å². The molecule has 2 aromatic rings. The zero-order valence-corrected chi connectivity index (χ0v) is 10.1. The molecule has 0 radical (unpaired) electrons. The normalized spacial score (nSPS) is 12.7. The molecule has 2 N–H and O–H groups in total. The van der Waals surface area contributed by atoms with Crippen LogP contribution in [-0.4, -0.2) is 20.3 Å². The lowest BCUT2D eigenvalue weighted by Crippen LogP contribution is -2.10. The predicted molar refractivity (Wildman–Crippen MR) is 62.0 cm³/mol. The summed E-state index contributed by atoms with van der Waals surface area (Å²) in [6, 6.07) is 1.68. The van der Waals surface area contributed by atoms with E-state index in [0.717, 1.165) is 23.4 Å². The lowest BCUT2D eigenvalue weighted by Gasteiger charge is -2.00. The molecule has 1 atom stereocenters. The van der Waals surface area contributed by atoms with Crippen LogP contribution in [0.2, 0.25) is 0 Å². The van der Waals surface area contributed by atoms with E-state index in [1.54, 1.807) is 0 Å². The molecule has 17 heavy (non-hydrogen) atoms. The van der Waals surface area contributed by atoms with Crippen LogP contribution in [0.3, 0.4) is 0 Å². The second kappa shape index (κ2) is 4.58. The highest BCUT2D eigenvalue weighted by Gasteiger charge is 2.16. The minimum atomic E-state index is -0.191. The number of aromatic nitrogens is 4. The molecule has 0 aliphatic carbocycles. The van der Waals surface area contributed by atoms with Crippen molar-refractivity contribution < 1.29 is 4.52 Å². The lowest BCUT2D eigenvalue weighted by atomic mass is 10.2. The van der Waals surface area contributed by atoms with Gasteiger partial charge >= 0.3 is 0 Å². The fraction of sp³-hybridized carbons (Fsp3) is 0.455. The van der Waals surface area contributed by atoms with E-state index >= 15 is 0 Å². The molecule has 2 heterocycles. The Morgan fingerprint density at radius 3 is 2.82 bits per heavy atom. The molecule has 1 unspecified atom stereocenters. The predicted octanol–water partition coefficient (Wildman–Crippen LogP) is 1.55. The van der Waals surface area contributed by atoms with Gasteiger partial charge in [0.1, 0.15) is 0 Å². The van der Waals surface area contributed by atoms with E-state index in [9.17, 15) is 0 Å². The Hall–Kier alpha value is -1.82. The first kappa shape index (κ1) is 11.7. The van der Waals surface area contributed by atoms with Crippen molar-refractivity contribution in [3.05, 3.63) is 23.3 Å². The van der Waals surface area contributed by atoms with Gasteiger partial charge in [0.05, 0.1) is 23.0 Å². The Morgan fingerprint density at radius 2 is 2.12 bits per heavy atom. The van der Waals surface area contributed by atoms with Crippen LogP contribution in [-0.2, 0) is 0 Å². The van der Waals surface area contributed by atoms with Gasteiger partial charge < -0.3 is 10.3 Å². The van der Waals surface area contributed by atoms with Crippen molar-refractivity contribution in [2.75, 3.05) is 0 Å². The molecule has 0 aliphatic heterocycles. The van der Waals surface area contributed by atoms with Crippen LogP contribution in [0.5, 0.6) is 0 Å². The van der Waals surface area contributed by atoms with Gasteiger partial charge in [-0.25, -0.2) is 0 Å². The standard InChI is InChI=1S/C11H15N5O/c1-4-9(12)10-13-11(17-16-10)8-5-6(2)14-15-7(8)3/h5,9H,4,12H2,1-3H3. The minimum absolute atomic E-state index is 0.191. The average molecular weight is 233 g/mol. The highest BCUT2D eigenvalue weighted by molar-refractivity contribution is 5.55. The summed E-state index contributed by atoms with van der Waals surface area (Å²) in [5.41, 5.74) is 8.22. The van der Waals surface area contributed by atoms with E-state index in [-0.39, 0.29) is 6.04 Å². The van der Waals surface area contributed by atoms with Crippen LogP contribution < -0.4 is 5.73 Å². The first-order valence-electron chi connectivity index (χ1n) is 5.52. The Kier molecular flexibility index (Phi) is 3.14. The van der Waals surface area contributed by atoms with Crippen molar-refractivity contribution in [1.29, 1.82) is 0 Å². The summed E-state index contributed by atoms with van der Waals surface area (Å²) in [6.45, 7) is 5.69. The van der Waals surface area contributed by atoms with E-state index in [1.165, 1.54) is 0 Å². The largest absolute Gasteiger partial charge is 0.334 e. The van der Waals surface area contributed by atoms with Gasteiger partial charge in [0.15, 0.2) is 5.82 Å². The molecule has 2 rings (SSSR count). The summed E-state index contributed by atoms with van der Waals surface area (Å²) in [5.74, 6) is 0.968. The molecule has 0 saturated carbocycles. The second-order valence-corrected chi connectivity index (χ2v) is 3.96. The maximum absolute atomic E-state index is 5.84. The summed E-state index contributed by atoms with van der Waals surface area (Å²) in [4.78, 5) is 4.28.